The van der Waals surface area contributed by atoms with Crippen LogP contribution in [0, 0.1) is 20.8 Å². The Labute approximate surface area is 135 Å². The Morgan fingerprint density at radius 2 is 1.55 bits per heavy atom. The van der Waals surface area contributed by atoms with Crippen molar-refractivity contribution in [2.24, 2.45) is 0 Å². The second kappa shape index (κ2) is 5.47. The van der Waals surface area contributed by atoms with Crippen molar-refractivity contribution in [2.45, 2.75) is 47.0 Å². The molecule has 0 amide bonds. The Morgan fingerprint density at radius 3 is 2.00 bits per heavy atom. The van der Waals surface area contributed by atoms with E-state index >= 15 is 0 Å². The number of benzene rings is 1. The van der Waals surface area contributed by atoms with Crippen LogP contribution in [0.15, 0.2) is 21.3 Å². The molecular formula is C18H21ClO3. The maximum Gasteiger partial charge on any atom is 0.347 e. The van der Waals surface area contributed by atoms with Gasteiger partial charge in [0.15, 0.2) is 5.75 Å². The highest BCUT2D eigenvalue weighted by molar-refractivity contribution is 6.33. The summed E-state index contributed by atoms with van der Waals surface area (Å²) in [4.78, 5) is 12.5. The summed E-state index contributed by atoms with van der Waals surface area (Å²) in [6, 6.07) is 3.93. The van der Waals surface area contributed by atoms with Crippen LogP contribution in [0.3, 0.4) is 0 Å². The van der Waals surface area contributed by atoms with E-state index in [1.54, 1.807) is 0 Å². The smallest absolute Gasteiger partial charge is 0.347 e. The zero-order valence-electron chi connectivity index (χ0n) is 13.8. The monoisotopic (exact) mass is 320 g/mol. The average Bonchev–Trinajstić information content (AvgIpc) is 2.35. The lowest BCUT2D eigenvalue weighted by Gasteiger charge is -2.20. The van der Waals surface area contributed by atoms with E-state index < -0.39 is 11.0 Å². The standard InChI is InChI=1S/C18H21ClO3/c1-9-7-10(2)12(11(3)8-9)13-15(20)14(19)16(18(4,5)6)22-17(13)21/h7-8,20H,1-6H3. The van der Waals surface area contributed by atoms with Crippen molar-refractivity contribution < 1.29 is 9.52 Å². The van der Waals surface area contributed by atoms with Gasteiger partial charge < -0.3 is 9.52 Å². The van der Waals surface area contributed by atoms with Crippen LogP contribution in [0.2, 0.25) is 5.02 Å². The van der Waals surface area contributed by atoms with Crippen molar-refractivity contribution in [1.29, 1.82) is 0 Å². The molecule has 0 saturated carbocycles. The number of aryl methyl sites for hydroxylation is 3. The Morgan fingerprint density at radius 1 is 1.05 bits per heavy atom. The van der Waals surface area contributed by atoms with Crippen molar-refractivity contribution in [3.8, 4) is 16.9 Å². The van der Waals surface area contributed by atoms with Gasteiger partial charge in [0.25, 0.3) is 0 Å². The van der Waals surface area contributed by atoms with Gasteiger partial charge in [0.1, 0.15) is 16.3 Å². The van der Waals surface area contributed by atoms with Gasteiger partial charge in [-0.2, -0.15) is 0 Å². The molecule has 22 heavy (non-hydrogen) atoms. The molecule has 2 aromatic rings. The first-order chi connectivity index (χ1) is 10.0. The van der Waals surface area contributed by atoms with Crippen molar-refractivity contribution in [2.75, 3.05) is 0 Å². The normalized spacial score (nSPS) is 11.8. The van der Waals surface area contributed by atoms with Gasteiger partial charge in [0.2, 0.25) is 0 Å². The van der Waals surface area contributed by atoms with Crippen molar-refractivity contribution in [3.63, 3.8) is 0 Å². The molecule has 0 aliphatic carbocycles. The minimum absolute atomic E-state index is 0.0986. The van der Waals surface area contributed by atoms with Crippen LogP contribution in [-0.4, -0.2) is 5.11 Å². The van der Waals surface area contributed by atoms with Gasteiger partial charge in [-0.25, -0.2) is 4.79 Å². The van der Waals surface area contributed by atoms with Gasteiger partial charge in [0, 0.05) is 5.41 Å². The number of rotatable bonds is 1. The fourth-order valence-electron chi connectivity index (χ4n) is 2.78. The van der Waals surface area contributed by atoms with Gasteiger partial charge in [-0.15, -0.1) is 0 Å². The van der Waals surface area contributed by atoms with Gasteiger partial charge >= 0.3 is 5.63 Å². The summed E-state index contributed by atoms with van der Waals surface area (Å²) in [5, 5.41) is 10.6. The molecule has 0 unspecified atom stereocenters. The molecule has 1 aromatic carbocycles. The van der Waals surface area contributed by atoms with Crippen LogP contribution in [0.25, 0.3) is 11.1 Å². The predicted octanol–water partition coefficient (Wildman–Crippen LogP) is 4.89. The summed E-state index contributed by atoms with van der Waals surface area (Å²) >= 11 is 6.26. The first-order valence-corrected chi connectivity index (χ1v) is 7.56. The molecule has 3 nitrogen and oxygen atoms in total. The number of halogens is 1. The first kappa shape index (κ1) is 16.6. The fraction of sp³-hybridized carbons (Fsp3) is 0.389. The van der Waals surface area contributed by atoms with Crippen molar-refractivity contribution >= 4 is 11.6 Å². The lowest BCUT2D eigenvalue weighted by molar-refractivity contribution is 0.366. The second-order valence-corrected chi connectivity index (χ2v) is 7.16. The fourth-order valence-corrected chi connectivity index (χ4v) is 3.20. The summed E-state index contributed by atoms with van der Waals surface area (Å²) in [7, 11) is 0. The third-order valence-corrected chi connectivity index (χ3v) is 4.00. The highest BCUT2D eigenvalue weighted by atomic mass is 35.5. The zero-order valence-corrected chi connectivity index (χ0v) is 14.6. The molecule has 4 heteroatoms. The molecule has 2 rings (SSSR count). The Bertz CT molecular complexity index is 772. The van der Waals surface area contributed by atoms with E-state index in [4.69, 9.17) is 16.0 Å². The third kappa shape index (κ3) is 2.78. The van der Waals surface area contributed by atoms with Crippen LogP contribution >= 0.6 is 11.6 Å². The summed E-state index contributed by atoms with van der Waals surface area (Å²) < 4.78 is 5.43. The van der Waals surface area contributed by atoms with Crippen LogP contribution in [0.1, 0.15) is 43.2 Å². The van der Waals surface area contributed by atoms with E-state index in [0.717, 1.165) is 16.7 Å². The molecule has 0 spiro atoms. The zero-order chi connectivity index (χ0) is 16.8. The Kier molecular flexibility index (Phi) is 4.14. The summed E-state index contributed by atoms with van der Waals surface area (Å²) in [5.74, 6) is 0.0840. The minimum atomic E-state index is -0.568. The summed E-state index contributed by atoms with van der Waals surface area (Å²) in [5.41, 5.74) is 2.68. The molecule has 1 N–H and O–H groups in total. The molecule has 1 aromatic heterocycles. The highest BCUT2D eigenvalue weighted by Gasteiger charge is 2.28. The molecular weight excluding hydrogens is 300 g/mol. The second-order valence-electron chi connectivity index (χ2n) is 6.78. The van der Waals surface area contributed by atoms with E-state index in [1.807, 2.05) is 53.7 Å². The average molecular weight is 321 g/mol. The Hall–Kier alpha value is -1.74. The lowest BCUT2D eigenvalue weighted by Crippen LogP contribution is -2.17. The molecule has 0 aliphatic heterocycles. The van der Waals surface area contributed by atoms with Crippen LogP contribution in [0.4, 0.5) is 0 Å². The largest absolute Gasteiger partial charge is 0.505 e. The van der Waals surface area contributed by atoms with Gasteiger partial charge in [-0.1, -0.05) is 50.1 Å². The molecule has 118 valence electrons. The summed E-state index contributed by atoms with van der Waals surface area (Å²) in [6.07, 6.45) is 0. The van der Waals surface area contributed by atoms with Crippen LogP contribution in [-0.2, 0) is 5.41 Å². The lowest BCUT2D eigenvalue weighted by atomic mass is 9.90. The van der Waals surface area contributed by atoms with E-state index in [9.17, 15) is 9.90 Å². The van der Waals surface area contributed by atoms with Gasteiger partial charge in [-0.3, -0.25) is 0 Å². The number of aromatic hydroxyl groups is 1. The quantitative estimate of drug-likeness (QED) is 0.814. The molecule has 0 atom stereocenters. The molecule has 0 fully saturated rings. The number of hydrogen-bond acceptors (Lipinski definition) is 3. The maximum atomic E-state index is 12.5. The molecule has 0 saturated heterocycles. The van der Waals surface area contributed by atoms with Crippen molar-refractivity contribution in [1.82, 2.24) is 0 Å². The maximum absolute atomic E-state index is 12.5. The van der Waals surface area contributed by atoms with Crippen LogP contribution < -0.4 is 5.63 Å². The van der Waals surface area contributed by atoms with E-state index in [0.29, 0.717) is 11.3 Å². The predicted molar refractivity (Wildman–Crippen MR) is 90.0 cm³/mol. The summed E-state index contributed by atoms with van der Waals surface area (Å²) in [6.45, 7) is 11.4. The molecule has 0 radical (unpaired) electrons. The topological polar surface area (TPSA) is 50.4 Å². The molecule has 0 bridgehead atoms. The van der Waals surface area contributed by atoms with E-state index in [1.165, 1.54) is 0 Å². The molecule has 1 heterocycles. The molecule has 0 aliphatic rings. The van der Waals surface area contributed by atoms with E-state index in [-0.39, 0.29) is 16.3 Å². The SMILES string of the molecule is Cc1cc(C)c(-c2c(O)c(Cl)c(C(C)(C)C)oc2=O)c(C)c1. The van der Waals surface area contributed by atoms with Crippen LogP contribution in [0.5, 0.6) is 5.75 Å². The minimum Gasteiger partial charge on any atom is -0.505 e. The third-order valence-electron chi connectivity index (χ3n) is 3.65. The Balaban J connectivity index is 2.86. The first-order valence-electron chi connectivity index (χ1n) is 7.18. The number of hydrogen-bond donors (Lipinski definition) is 1. The van der Waals surface area contributed by atoms with Gasteiger partial charge in [-0.05, 0) is 37.5 Å². The highest BCUT2D eigenvalue weighted by Crippen LogP contribution is 2.41. The van der Waals surface area contributed by atoms with Gasteiger partial charge in [0.05, 0.1) is 0 Å². The van der Waals surface area contributed by atoms with Crippen molar-refractivity contribution in [3.05, 3.63) is 50.0 Å². The van der Waals surface area contributed by atoms with E-state index in [2.05, 4.69) is 0 Å².